The summed E-state index contributed by atoms with van der Waals surface area (Å²) in [6.07, 6.45) is 3.64. The average molecular weight is 405 g/mol. The maximum Gasteiger partial charge on any atom is 0.223 e. The summed E-state index contributed by atoms with van der Waals surface area (Å²) in [5.41, 5.74) is 2.41. The van der Waals surface area contributed by atoms with Crippen LogP contribution in [0.5, 0.6) is 0 Å². The van der Waals surface area contributed by atoms with E-state index in [-0.39, 0.29) is 11.8 Å². The van der Waals surface area contributed by atoms with Crippen molar-refractivity contribution in [3.05, 3.63) is 69.7 Å². The number of piperidine rings is 1. The standard InChI is InChI=1S/C22H26Cl2N2O/c23-20-9-7-17(8-10-20)16-26-14-11-19(12-15-26)22(27)25-13-3-5-18-4-1-2-6-21(18)24/h1-2,4,6-10,19H,3,5,11-16H2,(H,25,27). The molecule has 3 nitrogen and oxygen atoms in total. The molecular weight excluding hydrogens is 379 g/mol. The van der Waals surface area contributed by atoms with Crippen molar-refractivity contribution in [1.29, 1.82) is 0 Å². The van der Waals surface area contributed by atoms with Gasteiger partial charge in [-0.1, -0.05) is 53.5 Å². The predicted octanol–water partition coefficient (Wildman–Crippen LogP) is 4.95. The molecule has 0 aliphatic carbocycles. The Labute approximate surface area is 171 Å². The molecule has 0 spiro atoms. The second-order valence-corrected chi connectivity index (χ2v) is 8.01. The number of halogens is 2. The first-order valence-corrected chi connectivity index (χ1v) is 10.4. The zero-order valence-corrected chi connectivity index (χ0v) is 17.0. The van der Waals surface area contributed by atoms with E-state index in [0.29, 0.717) is 6.54 Å². The molecule has 3 rings (SSSR count). The molecule has 0 atom stereocenters. The van der Waals surface area contributed by atoms with E-state index in [1.165, 1.54) is 5.56 Å². The van der Waals surface area contributed by atoms with E-state index in [1.807, 2.05) is 36.4 Å². The largest absolute Gasteiger partial charge is 0.356 e. The normalized spacial score (nSPS) is 15.6. The average Bonchev–Trinajstić information content (AvgIpc) is 2.69. The third-order valence-electron chi connectivity index (χ3n) is 5.16. The van der Waals surface area contributed by atoms with Crippen LogP contribution in [-0.2, 0) is 17.8 Å². The van der Waals surface area contributed by atoms with Crippen molar-refractivity contribution in [2.45, 2.75) is 32.2 Å². The molecule has 0 unspecified atom stereocenters. The van der Waals surface area contributed by atoms with Crippen LogP contribution in [-0.4, -0.2) is 30.4 Å². The molecule has 1 amide bonds. The van der Waals surface area contributed by atoms with Crippen molar-refractivity contribution >= 4 is 29.1 Å². The molecule has 0 radical (unpaired) electrons. The van der Waals surface area contributed by atoms with Gasteiger partial charge < -0.3 is 5.32 Å². The lowest BCUT2D eigenvalue weighted by Gasteiger charge is -2.31. The fourth-order valence-electron chi connectivity index (χ4n) is 3.54. The van der Waals surface area contributed by atoms with Crippen molar-refractivity contribution in [3.8, 4) is 0 Å². The smallest absolute Gasteiger partial charge is 0.223 e. The van der Waals surface area contributed by atoms with Crippen molar-refractivity contribution in [2.24, 2.45) is 5.92 Å². The van der Waals surface area contributed by atoms with Crippen LogP contribution in [0.1, 0.15) is 30.4 Å². The van der Waals surface area contributed by atoms with Gasteiger partial charge in [0.2, 0.25) is 5.91 Å². The molecule has 1 fully saturated rings. The van der Waals surface area contributed by atoms with Gasteiger partial charge in [-0.25, -0.2) is 0 Å². The number of amides is 1. The number of likely N-dealkylation sites (tertiary alicyclic amines) is 1. The van der Waals surface area contributed by atoms with Gasteiger partial charge in [-0.3, -0.25) is 9.69 Å². The van der Waals surface area contributed by atoms with Crippen molar-refractivity contribution in [1.82, 2.24) is 10.2 Å². The van der Waals surface area contributed by atoms with E-state index < -0.39 is 0 Å². The maximum atomic E-state index is 12.4. The van der Waals surface area contributed by atoms with E-state index in [2.05, 4.69) is 22.3 Å². The Morgan fingerprint density at radius 2 is 1.74 bits per heavy atom. The maximum absolute atomic E-state index is 12.4. The minimum atomic E-state index is 0.131. The quantitative estimate of drug-likeness (QED) is 0.661. The molecular formula is C22H26Cl2N2O. The first kappa shape index (κ1) is 20.2. The monoisotopic (exact) mass is 404 g/mol. The van der Waals surface area contributed by atoms with E-state index in [9.17, 15) is 4.79 Å². The number of hydrogen-bond acceptors (Lipinski definition) is 2. The molecule has 0 saturated carbocycles. The fraction of sp³-hybridized carbons (Fsp3) is 0.409. The number of nitrogens with zero attached hydrogens (tertiary/aromatic N) is 1. The van der Waals surface area contributed by atoms with Crippen LogP contribution in [0, 0.1) is 5.92 Å². The number of nitrogens with one attached hydrogen (secondary N) is 1. The zero-order valence-electron chi connectivity index (χ0n) is 15.5. The minimum absolute atomic E-state index is 0.131. The molecule has 0 bridgehead atoms. The third kappa shape index (κ3) is 6.24. The molecule has 144 valence electrons. The van der Waals surface area contributed by atoms with Crippen molar-refractivity contribution in [2.75, 3.05) is 19.6 Å². The first-order chi connectivity index (χ1) is 13.1. The number of hydrogen-bond donors (Lipinski definition) is 1. The van der Waals surface area contributed by atoms with Crippen LogP contribution in [0.3, 0.4) is 0 Å². The van der Waals surface area contributed by atoms with Crippen LogP contribution in [0.4, 0.5) is 0 Å². The number of aryl methyl sites for hydroxylation is 1. The second-order valence-electron chi connectivity index (χ2n) is 7.16. The highest BCUT2D eigenvalue weighted by Gasteiger charge is 2.24. The van der Waals surface area contributed by atoms with Crippen LogP contribution < -0.4 is 5.32 Å². The Morgan fingerprint density at radius 1 is 1.04 bits per heavy atom. The molecule has 0 aromatic heterocycles. The van der Waals surface area contributed by atoms with Gasteiger partial charge >= 0.3 is 0 Å². The van der Waals surface area contributed by atoms with Gasteiger partial charge in [0.25, 0.3) is 0 Å². The lowest BCUT2D eigenvalue weighted by molar-refractivity contribution is -0.126. The number of carbonyl (C=O) groups excluding carboxylic acids is 1. The molecule has 2 aromatic rings. The molecule has 1 heterocycles. The lowest BCUT2D eigenvalue weighted by atomic mass is 9.95. The molecule has 1 saturated heterocycles. The van der Waals surface area contributed by atoms with Gasteiger partial charge in [-0.2, -0.15) is 0 Å². The second kappa shape index (κ2) is 10.1. The van der Waals surface area contributed by atoms with Crippen molar-refractivity contribution in [3.63, 3.8) is 0 Å². The highest BCUT2D eigenvalue weighted by molar-refractivity contribution is 6.31. The first-order valence-electron chi connectivity index (χ1n) is 9.60. The summed E-state index contributed by atoms with van der Waals surface area (Å²) in [6, 6.07) is 15.9. The van der Waals surface area contributed by atoms with E-state index in [0.717, 1.165) is 60.9 Å². The third-order valence-corrected chi connectivity index (χ3v) is 5.78. The van der Waals surface area contributed by atoms with Gasteiger partial charge in [0.15, 0.2) is 0 Å². The zero-order chi connectivity index (χ0) is 19.1. The van der Waals surface area contributed by atoms with E-state index >= 15 is 0 Å². The summed E-state index contributed by atoms with van der Waals surface area (Å²) in [5.74, 6) is 0.326. The van der Waals surface area contributed by atoms with Crippen LogP contribution in [0.25, 0.3) is 0 Å². The molecule has 1 aliphatic rings. The van der Waals surface area contributed by atoms with Crippen LogP contribution in [0.15, 0.2) is 48.5 Å². The topological polar surface area (TPSA) is 32.3 Å². The molecule has 5 heteroatoms. The van der Waals surface area contributed by atoms with E-state index in [1.54, 1.807) is 0 Å². The summed E-state index contributed by atoms with van der Waals surface area (Å²) in [4.78, 5) is 14.8. The summed E-state index contributed by atoms with van der Waals surface area (Å²) < 4.78 is 0. The van der Waals surface area contributed by atoms with Gasteiger partial charge in [0.1, 0.15) is 0 Å². The van der Waals surface area contributed by atoms with Gasteiger partial charge in [-0.05, 0) is 68.1 Å². The Kier molecular flexibility index (Phi) is 7.57. The molecule has 1 N–H and O–H groups in total. The van der Waals surface area contributed by atoms with Crippen molar-refractivity contribution < 1.29 is 4.79 Å². The highest BCUT2D eigenvalue weighted by Crippen LogP contribution is 2.20. The number of rotatable bonds is 7. The SMILES string of the molecule is O=C(NCCCc1ccccc1Cl)C1CCN(Cc2ccc(Cl)cc2)CC1. The summed E-state index contributed by atoms with van der Waals surface area (Å²) in [7, 11) is 0. The molecule has 1 aliphatic heterocycles. The summed E-state index contributed by atoms with van der Waals surface area (Å²) in [6.45, 7) is 3.54. The van der Waals surface area contributed by atoms with Gasteiger partial charge in [0.05, 0.1) is 0 Å². The molecule has 2 aromatic carbocycles. The highest BCUT2D eigenvalue weighted by atomic mass is 35.5. The summed E-state index contributed by atoms with van der Waals surface area (Å²) in [5, 5.41) is 4.67. The van der Waals surface area contributed by atoms with Gasteiger partial charge in [-0.15, -0.1) is 0 Å². The lowest BCUT2D eigenvalue weighted by Crippen LogP contribution is -2.40. The van der Waals surface area contributed by atoms with Crippen LogP contribution >= 0.6 is 23.2 Å². The minimum Gasteiger partial charge on any atom is -0.356 e. The van der Waals surface area contributed by atoms with Gasteiger partial charge in [0, 0.05) is 29.1 Å². The predicted molar refractivity (Wildman–Crippen MR) is 112 cm³/mol. The number of carbonyl (C=O) groups is 1. The van der Waals surface area contributed by atoms with E-state index in [4.69, 9.17) is 23.2 Å². The Bertz CT molecular complexity index is 740. The Balaban J connectivity index is 1.34. The summed E-state index contributed by atoms with van der Waals surface area (Å²) >= 11 is 12.1. The van der Waals surface area contributed by atoms with Crippen LogP contribution in [0.2, 0.25) is 10.0 Å². The number of benzene rings is 2. The molecule has 27 heavy (non-hydrogen) atoms. The fourth-order valence-corrected chi connectivity index (χ4v) is 3.89. The Hall–Kier alpha value is -1.55. The Morgan fingerprint density at radius 3 is 2.44 bits per heavy atom.